The molecule has 0 aromatic heterocycles. The number of aliphatic hydroxyl groups is 1. The Labute approximate surface area is 119 Å². The number of anilines is 1. The van der Waals surface area contributed by atoms with Gasteiger partial charge in [0.15, 0.2) is 0 Å². The van der Waals surface area contributed by atoms with Crippen LogP contribution >= 0.6 is 11.6 Å². The van der Waals surface area contributed by atoms with Crippen LogP contribution in [0.5, 0.6) is 0 Å². The van der Waals surface area contributed by atoms with Crippen LogP contribution in [0.3, 0.4) is 0 Å². The third-order valence-corrected chi connectivity index (χ3v) is 3.77. The summed E-state index contributed by atoms with van der Waals surface area (Å²) in [5.41, 5.74) is -1.48. The molecule has 1 aliphatic heterocycles. The van der Waals surface area contributed by atoms with Crippen LogP contribution in [0.2, 0.25) is 5.02 Å². The van der Waals surface area contributed by atoms with Gasteiger partial charge in [-0.25, -0.2) is 4.39 Å². The van der Waals surface area contributed by atoms with Gasteiger partial charge in [0.05, 0.1) is 22.1 Å². The summed E-state index contributed by atoms with van der Waals surface area (Å²) in [6.07, 6.45) is 0.0362. The van der Waals surface area contributed by atoms with Crippen LogP contribution in [0.25, 0.3) is 0 Å². The van der Waals surface area contributed by atoms with E-state index in [9.17, 15) is 19.6 Å². The number of benzene rings is 1. The van der Waals surface area contributed by atoms with E-state index in [2.05, 4.69) is 5.32 Å². The van der Waals surface area contributed by atoms with Gasteiger partial charge in [-0.3, -0.25) is 10.1 Å². The van der Waals surface area contributed by atoms with Crippen LogP contribution in [-0.4, -0.2) is 34.9 Å². The summed E-state index contributed by atoms with van der Waals surface area (Å²) in [6.45, 7) is 2.20. The van der Waals surface area contributed by atoms with Crippen molar-refractivity contribution in [3.05, 3.63) is 33.1 Å². The number of nitro benzene ring substituents is 1. The Balaban J connectivity index is 2.21. The monoisotopic (exact) mass is 304 g/mol. The van der Waals surface area contributed by atoms with E-state index in [1.807, 2.05) is 0 Å². The molecule has 1 aromatic carbocycles. The summed E-state index contributed by atoms with van der Waals surface area (Å²) in [5, 5.41) is 23.7. The van der Waals surface area contributed by atoms with E-state index < -0.39 is 22.0 Å². The Hall–Kier alpha value is -1.44. The first kappa shape index (κ1) is 15.0. The second kappa shape index (κ2) is 5.51. The third-order valence-electron chi connectivity index (χ3n) is 3.48. The molecule has 110 valence electrons. The Morgan fingerprint density at radius 1 is 1.70 bits per heavy atom. The minimum atomic E-state index is -1.12. The molecule has 0 aliphatic carbocycles. The zero-order valence-electron chi connectivity index (χ0n) is 10.7. The van der Waals surface area contributed by atoms with Crippen molar-refractivity contribution in [1.82, 2.24) is 0 Å². The molecule has 0 saturated carbocycles. The summed E-state index contributed by atoms with van der Waals surface area (Å²) in [7, 11) is 0. The largest absolute Gasteiger partial charge is 0.385 e. The normalized spacial score (nSPS) is 25.7. The Morgan fingerprint density at radius 2 is 2.40 bits per heavy atom. The maximum absolute atomic E-state index is 13.3. The van der Waals surface area contributed by atoms with E-state index in [-0.39, 0.29) is 23.4 Å². The lowest BCUT2D eigenvalue weighted by Crippen LogP contribution is -2.43. The van der Waals surface area contributed by atoms with Gasteiger partial charge in [-0.1, -0.05) is 11.6 Å². The quantitative estimate of drug-likeness (QED) is 0.659. The molecule has 2 N–H and O–H groups in total. The predicted molar refractivity (Wildman–Crippen MR) is 71.5 cm³/mol. The maximum atomic E-state index is 13.3. The lowest BCUT2D eigenvalue weighted by Gasteiger charge is -2.26. The van der Waals surface area contributed by atoms with E-state index in [1.165, 1.54) is 0 Å². The molecule has 2 atom stereocenters. The fraction of sp³-hybridized carbons (Fsp3) is 0.500. The summed E-state index contributed by atoms with van der Waals surface area (Å²) in [6, 6.07) is 1.89. The van der Waals surface area contributed by atoms with Gasteiger partial charge < -0.3 is 15.2 Å². The predicted octanol–water partition coefficient (Wildman–Crippen LogP) is 2.34. The fourth-order valence-electron chi connectivity index (χ4n) is 2.08. The lowest BCUT2D eigenvalue weighted by molar-refractivity contribution is -0.384. The fourth-order valence-corrected chi connectivity index (χ4v) is 2.24. The SMILES string of the molecule is CC1OCCC1(O)CNc1cc(Cl)c(F)cc1[N+](=O)[O-]. The molecule has 6 nitrogen and oxygen atoms in total. The van der Waals surface area contributed by atoms with Crippen molar-refractivity contribution >= 4 is 23.0 Å². The van der Waals surface area contributed by atoms with Crippen molar-refractivity contribution in [2.24, 2.45) is 0 Å². The first-order chi connectivity index (χ1) is 9.33. The second-order valence-electron chi connectivity index (χ2n) is 4.76. The third kappa shape index (κ3) is 2.84. The molecule has 1 fully saturated rings. The highest BCUT2D eigenvalue weighted by molar-refractivity contribution is 6.31. The summed E-state index contributed by atoms with van der Waals surface area (Å²) >= 11 is 5.62. The number of hydrogen-bond donors (Lipinski definition) is 2. The minimum Gasteiger partial charge on any atom is -0.385 e. The molecule has 0 spiro atoms. The van der Waals surface area contributed by atoms with Gasteiger partial charge in [0.25, 0.3) is 5.69 Å². The van der Waals surface area contributed by atoms with E-state index in [4.69, 9.17) is 16.3 Å². The molecule has 0 amide bonds. The number of nitrogens with zero attached hydrogens (tertiary/aromatic N) is 1. The van der Waals surface area contributed by atoms with Gasteiger partial charge in [0.2, 0.25) is 0 Å². The van der Waals surface area contributed by atoms with Gasteiger partial charge in [0, 0.05) is 19.6 Å². The zero-order chi connectivity index (χ0) is 14.9. The highest BCUT2D eigenvalue weighted by Crippen LogP contribution is 2.32. The zero-order valence-corrected chi connectivity index (χ0v) is 11.5. The average Bonchev–Trinajstić information content (AvgIpc) is 2.71. The standard InChI is InChI=1S/C12H14ClFN2O4/c1-7-12(17,2-3-20-7)6-15-10-4-8(13)9(14)5-11(10)16(18)19/h4-5,7,15,17H,2-3,6H2,1H3. The Morgan fingerprint density at radius 3 is 2.95 bits per heavy atom. The van der Waals surface area contributed by atoms with E-state index in [0.29, 0.717) is 13.0 Å². The summed E-state index contributed by atoms with van der Waals surface area (Å²) in [5.74, 6) is -0.861. The van der Waals surface area contributed by atoms with E-state index >= 15 is 0 Å². The van der Waals surface area contributed by atoms with Gasteiger partial charge in [-0.15, -0.1) is 0 Å². The van der Waals surface area contributed by atoms with Gasteiger partial charge >= 0.3 is 0 Å². The lowest BCUT2D eigenvalue weighted by atomic mass is 9.96. The smallest absolute Gasteiger partial charge is 0.295 e. The van der Waals surface area contributed by atoms with Crippen LogP contribution < -0.4 is 5.32 Å². The molecular formula is C12H14ClFN2O4. The highest BCUT2D eigenvalue weighted by atomic mass is 35.5. The number of nitro groups is 1. The number of halogens is 2. The van der Waals surface area contributed by atoms with Gasteiger partial charge in [-0.05, 0) is 13.0 Å². The van der Waals surface area contributed by atoms with Crippen LogP contribution in [0, 0.1) is 15.9 Å². The molecule has 2 unspecified atom stereocenters. The first-order valence-corrected chi connectivity index (χ1v) is 6.42. The van der Waals surface area contributed by atoms with Gasteiger partial charge in [-0.2, -0.15) is 0 Å². The average molecular weight is 305 g/mol. The summed E-state index contributed by atoms with van der Waals surface area (Å²) in [4.78, 5) is 10.2. The molecule has 8 heteroatoms. The summed E-state index contributed by atoms with van der Waals surface area (Å²) < 4.78 is 18.5. The van der Waals surface area contributed by atoms with Crippen LogP contribution in [0.1, 0.15) is 13.3 Å². The van der Waals surface area contributed by atoms with Crippen LogP contribution in [-0.2, 0) is 4.74 Å². The number of rotatable bonds is 4. The molecule has 1 aromatic rings. The second-order valence-corrected chi connectivity index (χ2v) is 5.17. The van der Waals surface area contributed by atoms with Crippen molar-refractivity contribution in [3.8, 4) is 0 Å². The van der Waals surface area contributed by atoms with Crippen molar-refractivity contribution in [2.75, 3.05) is 18.5 Å². The Bertz CT molecular complexity index is 542. The molecule has 2 rings (SSSR count). The van der Waals surface area contributed by atoms with Gasteiger partial charge in [0.1, 0.15) is 17.1 Å². The minimum absolute atomic E-state index is 0.0525. The van der Waals surface area contributed by atoms with Crippen molar-refractivity contribution in [1.29, 1.82) is 0 Å². The van der Waals surface area contributed by atoms with Crippen molar-refractivity contribution < 1.29 is 19.2 Å². The molecule has 1 saturated heterocycles. The Kier molecular flexibility index (Phi) is 4.12. The topological polar surface area (TPSA) is 84.6 Å². The number of hydrogen-bond acceptors (Lipinski definition) is 5. The first-order valence-electron chi connectivity index (χ1n) is 6.05. The van der Waals surface area contributed by atoms with E-state index in [1.54, 1.807) is 6.92 Å². The van der Waals surface area contributed by atoms with Crippen LogP contribution in [0.15, 0.2) is 12.1 Å². The molecule has 1 aliphatic rings. The number of ether oxygens (including phenoxy) is 1. The molecule has 1 heterocycles. The highest BCUT2D eigenvalue weighted by Gasteiger charge is 2.39. The van der Waals surface area contributed by atoms with Crippen molar-refractivity contribution in [3.63, 3.8) is 0 Å². The maximum Gasteiger partial charge on any atom is 0.295 e. The molecule has 0 radical (unpaired) electrons. The van der Waals surface area contributed by atoms with Crippen LogP contribution in [0.4, 0.5) is 15.8 Å². The van der Waals surface area contributed by atoms with Crippen molar-refractivity contribution in [2.45, 2.75) is 25.0 Å². The molecule has 0 bridgehead atoms. The molecular weight excluding hydrogens is 291 g/mol. The number of nitrogens with one attached hydrogen (secondary N) is 1. The van der Waals surface area contributed by atoms with E-state index in [0.717, 1.165) is 12.1 Å². The molecule has 20 heavy (non-hydrogen) atoms.